The van der Waals surface area contributed by atoms with E-state index in [9.17, 15) is 9.18 Å². The summed E-state index contributed by atoms with van der Waals surface area (Å²) in [5, 5.41) is 4.61. The van der Waals surface area contributed by atoms with Crippen molar-refractivity contribution in [3.8, 4) is 11.4 Å². The summed E-state index contributed by atoms with van der Waals surface area (Å²) in [4.78, 5) is 18.0. The molecule has 0 aliphatic carbocycles. The molecule has 1 aliphatic rings. The predicted octanol–water partition coefficient (Wildman–Crippen LogP) is 3.55. The first-order chi connectivity index (χ1) is 11.2. The zero-order valence-electron chi connectivity index (χ0n) is 12.7. The number of carbonyl (C=O) groups excluding carboxylic acids is 1. The molecule has 3 rings (SSSR count). The Balaban J connectivity index is 1.83. The molecule has 0 N–H and O–H groups in total. The first-order valence-corrected chi connectivity index (χ1v) is 8.41. The number of thioether (sulfide) groups is 1. The summed E-state index contributed by atoms with van der Waals surface area (Å²) in [7, 11) is 0. The Morgan fingerprint density at radius 3 is 3.09 bits per heavy atom. The van der Waals surface area contributed by atoms with E-state index in [-0.39, 0.29) is 17.6 Å². The Kier molecular flexibility index (Phi) is 4.76. The lowest BCUT2D eigenvalue weighted by molar-refractivity contribution is -0.128. The molecule has 1 saturated heterocycles. The van der Waals surface area contributed by atoms with Gasteiger partial charge in [0.25, 0.3) is 5.89 Å². The van der Waals surface area contributed by atoms with Gasteiger partial charge in [0.2, 0.25) is 11.7 Å². The third-order valence-corrected chi connectivity index (χ3v) is 4.42. The van der Waals surface area contributed by atoms with Crippen LogP contribution in [0.5, 0.6) is 0 Å². The van der Waals surface area contributed by atoms with Gasteiger partial charge in [0, 0.05) is 24.8 Å². The van der Waals surface area contributed by atoms with Gasteiger partial charge in [-0.1, -0.05) is 24.2 Å². The fourth-order valence-electron chi connectivity index (χ4n) is 2.30. The van der Waals surface area contributed by atoms with Gasteiger partial charge < -0.3 is 9.42 Å². The fourth-order valence-corrected chi connectivity index (χ4v) is 3.31. The Labute approximate surface area is 137 Å². The molecule has 7 heteroatoms. The normalized spacial score (nSPS) is 16.3. The average Bonchev–Trinajstić information content (AvgIpc) is 3.18. The minimum atomic E-state index is -0.400. The maximum atomic E-state index is 13.7. The van der Waals surface area contributed by atoms with Crippen LogP contribution < -0.4 is 0 Å². The van der Waals surface area contributed by atoms with Crippen LogP contribution in [0.4, 0.5) is 4.39 Å². The van der Waals surface area contributed by atoms with Crippen molar-refractivity contribution in [3.05, 3.63) is 41.0 Å². The van der Waals surface area contributed by atoms with Crippen LogP contribution in [-0.4, -0.2) is 33.2 Å². The second kappa shape index (κ2) is 6.95. The zero-order valence-corrected chi connectivity index (χ0v) is 13.5. The van der Waals surface area contributed by atoms with Crippen LogP contribution in [0.1, 0.15) is 25.7 Å². The van der Waals surface area contributed by atoms with Crippen molar-refractivity contribution in [2.24, 2.45) is 0 Å². The van der Waals surface area contributed by atoms with Crippen LogP contribution in [0.25, 0.3) is 17.5 Å². The van der Waals surface area contributed by atoms with E-state index in [1.54, 1.807) is 40.9 Å². The second-order valence-corrected chi connectivity index (χ2v) is 6.18. The number of hydrogen-bond acceptors (Lipinski definition) is 5. The fraction of sp³-hybridized carbons (Fsp3) is 0.312. The van der Waals surface area contributed by atoms with Gasteiger partial charge in [-0.2, -0.15) is 4.98 Å². The molecule has 0 bridgehead atoms. The summed E-state index contributed by atoms with van der Waals surface area (Å²) in [5.41, 5.74) is 0.291. The van der Waals surface area contributed by atoms with Crippen molar-refractivity contribution >= 4 is 23.7 Å². The van der Waals surface area contributed by atoms with Crippen LogP contribution in [-0.2, 0) is 4.79 Å². The summed E-state index contributed by atoms with van der Waals surface area (Å²) in [6, 6.07) is 6.26. The Morgan fingerprint density at radius 1 is 1.48 bits per heavy atom. The monoisotopic (exact) mass is 333 g/mol. The summed E-state index contributed by atoms with van der Waals surface area (Å²) in [6.07, 6.45) is 3.01. The van der Waals surface area contributed by atoms with Gasteiger partial charge >= 0.3 is 0 Å². The lowest BCUT2D eigenvalue weighted by Gasteiger charge is -2.15. The minimum Gasteiger partial charge on any atom is -0.334 e. The lowest BCUT2D eigenvalue weighted by Crippen LogP contribution is -2.26. The molecule has 23 heavy (non-hydrogen) atoms. The first-order valence-electron chi connectivity index (χ1n) is 7.42. The third-order valence-electron chi connectivity index (χ3n) is 3.40. The van der Waals surface area contributed by atoms with Crippen LogP contribution in [0.15, 0.2) is 33.8 Å². The van der Waals surface area contributed by atoms with Gasteiger partial charge in [-0.15, -0.1) is 11.8 Å². The molecule has 1 aliphatic heterocycles. The predicted molar refractivity (Wildman–Crippen MR) is 86.7 cm³/mol. The van der Waals surface area contributed by atoms with Crippen LogP contribution in [0.3, 0.4) is 0 Å². The molecule has 120 valence electrons. The van der Waals surface area contributed by atoms with Crippen LogP contribution in [0, 0.1) is 5.82 Å². The molecule has 0 saturated carbocycles. The van der Waals surface area contributed by atoms with E-state index >= 15 is 0 Å². The van der Waals surface area contributed by atoms with Gasteiger partial charge in [-0.25, -0.2) is 4.39 Å². The van der Waals surface area contributed by atoms with Crippen molar-refractivity contribution in [3.63, 3.8) is 0 Å². The molecule has 1 fully saturated rings. The van der Waals surface area contributed by atoms with Gasteiger partial charge in [-0.3, -0.25) is 4.79 Å². The first kappa shape index (κ1) is 15.7. The van der Waals surface area contributed by atoms with Crippen molar-refractivity contribution < 1.29 is 13.7 Å². The minimum absolute atomic E-state index is 0.0950. The number of carbonyl (C=O) groups is 1. The van der Waals surface area contributed by atoms with Gasteiger partial charge in [0.15, 0.2) is 0 Å². The summed E-state index contributed by atoms with van der Waals surface area (Å²) in [5.74, 6) is 1.00. The highest BCUT2D eigenvalue weighted by atomic mass is 32.2. The highest BCUT2D eigenvalue weighted by Crippen LogP contribution is 2.30. The summed E-state index contributed by atoms with van der Waals surface area (Å²) >= 11 is 1.57. The summed E-state index contributed by atoms with van der Waals surface area (Å²) in [6.45, 7) is 2.66. The van der Waals surface area contributed by atoms with E-state index in [2.05, 4.69) is 10.1 Å². The Hall–Kier alpha value is -2.15. The van der Waals surface area contributed by atoms with Gasteiger partial charge in [-0.05, 0) is 18.6 Å². The van der Waals surface area contributed by atoms with Crippen molar-refractivity contribution in [1.29, 1.82) is 0 Å². The van der Waals surface area contributed by atoms with Crippen LogP contribution in [0.2, 0.25) is 0 Å². The molecule has 0 spiro atoms. The van der Waals surface area contributed by atoms with E-state index in [1.165, 1.54) is 6.07 Å². The van der Waals surface area contributed by atoms with E-state index in [0.717, 1.165) is 17.2 Å². The molecular formula is C16H16FN3O2S. The maximum absolute atomic E-state index is 13.7. The second-order valence-electron chi connectivity index (χ2n) is 5.06. The lowest BCUT2D eigenvalue weighted by atomic mass is 10.2. The third kappa shape index (κ3) is 3.44. The highest BCUT2D eigenvalue weighted by Gasteiger charge is 2.24. The standard InChI is InChI=1S/C16H16FN3O2S/c1-2-5-14(21)20-8-9-23-15(20)10-13-18-16(19-22-13)11-6-3-4-7-12(11)17/h3-4,6-7,10H,2,5,8-9H2,1H3/b15-10+. The summed E-state index contributed by atoms with van der Waals surface area (Å²) < 4.78 is 18.9. The smallest absolute Gasteiger partial charge is 0.253 e. The molecule has 1 amide bonds. The number of hydrogen-bond donors (Lipinski definition) is 0. The number of aromatic nitrogens is 2. The molecular weight excluding hydrogens is 317 g/mol. The number of benzene rings is 1. The topological polar surface area (TPSA) is 59.2 Å². The van der Waals surface area contributed by atoms with E-state index < -0.39 is 5.82 Å². The molecule has 1 aromatic carbocycles. The number of nitrogens with zero attached hydrogens (tertiary/aromatic N) is 3. The highest BCUT2D eigenvalue weighted by molar-refractivity contribution is 8.03. The van der Waals surface area contributed by atoms with Crippen LogP contribution >= 0.6 is 11.8 Å². The molecule has 2 heterocycles. The molecule has 0 atom stereocenters. The van der Waals surface area contributed by atoms with Crippen molar-refractivity contribution in [2.75, 3.05) is 12.3 Å². The van der Waals surface area contributed by atoms with Gasteiger partial charge in [0.05, 0.1) is 10.6 Å². The van der Waals surface area contributed by atoms with Crippen molar-refractivity contribution in [1.82, 2.24) is 15.0 Å². The number of rotatable bonds is 4. The largest absolute Gasteiger partial charge is 0.334 e. The molecule has 0 radical (unpaired) electrons. The molecule has 2 aromatic rings. The molecule has 1 aromatic heterocycles. The number of halogens is 1. The average molecular weight is 333 g/mol. The van der Waals surface area contributed by atoms with E-state index in [1.807, 2.05) is 6.92 Å². The van der Waals surface area contributed by atoms with Crippen molar-refractivity contribution in [2.45, 2.75) is 19.8 Å². The maximum Gasteiger partial charge on any atom is 0.253 e. The Morgan fingerprint density at radius 2 is 2.30 bits per heavy atom. The SMILES string of the molecule is CCCC(=O)N1CCS/C1=C/c1nc(-c2ccccc2F)no1. The van der Waals surface area contributed by atoms with E-state index in [0.29, 0.717) is 18.5 Å². The molecule has 5 nitrogen and oxygen atoms in total. The van der Waals surface area contributed by atoms with E-state index in [4.69, 9.17) is 4.52 Å². The van der Waals surface area contributed by atoms with Gasteiger partial charge in [0.1, 0.15) is 5.82 Å². The molecule has 0 unspecified atom stereocenters. The number of amides is 1. The quantitative estimate of drug-likeness (QED) is 0.856. The zero-order chi connectivity index (χ0) is 16.2. The Bertz CT molecular complexity index is 744.